The van der Waals surface area contributed by atoms with E-state index in [2.05, 4.69) is 43.5 Å². The Balaban J connectivity index is 3.65. The Morgan fingerprint density at radius 2 is 0.800 bits per heavy atom. The molecule has 50 heavy (non-hydrogen) atoms. The topological polar surface area (TPSA) is 89.8 Å². The van der Waals surface area contributed by atoms with Crippen LogP contribution in [-0.4, -0.2) is 46.1 Å². The fraction of sp³-hybridized carbons (Fsp3) is 0.889. The van der Waals surface area contributed by atoms with Gasteiger partial charge in [-0.25, -0.2) is 0 Å². The first-order valence-electron chi connectivity index (χ1n) is 22.1. The Bertz CT molecular complexity index is 739. The third kappa shape index (κ3) is 35.2. The van der Waals surface area contributed by atoms with Crippen molar-refractivity contribution in [1.82, 2.24) is 5.32 Å². The summed E-state index contributed by atoms with van der Waals surface area (Å²) in [5.41, 5.74) is 0. The van der Waals surface area contributed by atoms with E-state index in [0.717, 1.165) is 38.5 Å². The van der Waals surface area contributed by atoms with Gasteiger partial charge in [-0.05, 0) is 64.2 Å². The average Bonchev–Trinajstić information content (AvgIpc) is 3.12. The van der Waals surface area contributed by atoms with Gasteiger partial charge >= 0.3 is 0 Å². The smallest absolute Gasteiger partial charge is 0.220 e. The predicted octanol–water partition coefficient (Wildman–Crippen LogP) is 12.6. The summed E-state index contributed by atoms with van der Waals surface area (Å²) in [7, 11) is 0. The fourth-order valence-corrected chi connectivity index (χ4v) is 6.80. The van der Waals surface area contributed by atoms with E-state index in [1.807, 2.05) is 0 Å². The van der Waals surface area contributed by atoms with Gasteiger partial charge in [0, 0.05) is 6.42 Å². The average molecular weight is 706 g/mol. The highest BCUT2D eigenvalue weighted by molar-refractivity contribution is 5.76. The molecule has 0 spiro atoms. The van der Waals surface area contributed by atoms with Gasteiger partial charge in [-0.15, -0.1) is 0 Å². The van der Waals surface area contributed by atoms with E-state index in [-0.39, 0.29) is 12.5 Å². The van der Waals surface area contributed by atoms with E-state index in [1.54, 1.807) is 0 Å². The fourth-order valence-electron chi connectivity index (χ4n) is 6.80. The van der Waals surface area contributed by atoms with Crippen molar-refractivity contribution in [3.63, 3.8) is 0 Å². The molecule has 0 radical (unpaired) electrons. The molecule has 0 aliphatic heterocycles. The highest BCUT2D eigenvalue weighted by Gasteiger charge is 2.26. The number of nitrogens with one attached hydrogen (secondary N) is 1. The molecule has 5 nitrogen and oxygen atoms in total. The maximum absolute atomic E-state index is 12.4. The first-order valence-corrected chi connectivity index (χ1v) is 22.1. The first kappa shape index (κ1) is 48.8. The Morgan fingerprint density at radius 3 is 1.16 bits per heavy atom. The third-order valence-corrected chi connectivity index (χ3v) is 10.3. The standard InChI is InChI=1S/C45H87NO4/c1-3-5-7-9-11-13-15-17-19-20-21-22-23-24-26-28-30-32-34-36-38-40-44(49)46-42(41-47)45(50)43(48)39-37-35-33-31-29-27-25-18-16-14-12-10-8-6-4-2/h22-23,31,33,42-43,45,47-48,50H,3-21,24-30,32,34-41H2,1-2H3,(H,46,49)/b23-22-,33-31+. The van der Waals surface area contributed by atoms with Crippen LogP contribution in [0.2, 0.25) is 0 Å². The third-order valence-electron chi connectivity index (χ3n) is 10.3. The van der Waals surface area contributed by atoms with Gasteiger partial charge in [0.05, 0.1) is 18.8 Å². The predicted molar refractivity (Wildman–Crippen MR) is 218 cm³/mol. The van der Waals surface area contributed by atoms with Crippen molar-refractivity contribution >= 4 is 5.91 Å². The Labute approximate surface area is 312 Å². The summed E-state index contributed by atoms with van der Waals surface area (Å²) >= 11 is 0. The molecule has 0 bridgehead atoms. The summed E-state index contributed by atoms with van der Waals surface area (Å²) in [5.74, 6) is -0.158. The van der Waals surface area contributed by atoms with Gasteiger partial charge in [0.1, 0.15) is 6.10 Å². The quantitative estimate of drug-likeness (QED) is 0.0377. The molecule has 0 aliphatic rings. The van der Waals surface area contributed by atoms with Crippen molar-refractivity contribution in [1.29, 1.82) is 0 Å². The van der Waals surface area contributed by atoms with Crippen molar-refractivity contribution < 1.29 is 20.1 Å². The molecule has 4 N–H and O–H groups in total. The number of allylic oxidation sites excluding steroid dienone is 4. The molecule has 3 unspecified atom stereocenters. The van der Waals surface area contributed by atoms with E-state index >= 15 is 0 Å². The number of aliphatic hydroxyl groups is 3. The highest BCUT2D eigenvalue weighted by Crippen LogP contribution is 2.15. The molecule has 0 aromatic rings. The van der Waals surface area contributed by atoms with Gasteiger partial charge in [0.2, 0.25) is 5.91 Å². The van der Waals surface area contributed by atoms with E-state index in [0.29, 0.717) is 12.8 Å². The van der Waals surface area contributed by atoms with Crippen LogP contribution >= 0.6 is 0 Å². The lowest BCUT2D eigenvalue weighted by molar-refractivity contribution is -0.124. The van der Waals surface area contributed by atoms with Crippen LogP contribution in [0.3, 0.4) is 0 Å². The summed E-state index contributed by atoms with van der Waals surface area (Å²) in [6, 6.07) is -0.826. The number of carbonyl (C=O) groups is 1. The number of carbonyl (C=O) groups excluding carboxylic acids is 1. The molecule has 296 valence electrons. The molecule has 0 aliphatic carbocycles. The van der Waals surface area contributed by atoms with Crippen LogP contribution < -0.4 is 5.32 Å². The second kappa shape index (κ2) is 40.6. The van der Waals surface area contributed by atoms with Crippen LogP contribution in [0.15, 0.2) is 24.3 Å². The lowest BCUT2D eigenvalue weighted by Gasteiger charge is -2.26. The molecule has 3 atom stereocenters. The Kier molecular flexibility index (Phi) is 39.6. The molecular weight excluding hydrogens is 618 g/mol. The minimum Gasteiger partial charge on any atom is -0.394 e. The normalized spacial score (nSPS) is 13.8. The van der Waals surface area contributed by atoms with Gasteiger partial charge < -0.3 is 20.6 Å². The Morgan fingerprint density at radius 1 is 0.480 bits per heavy atom. The number of unbranched alkanes of at least 4 members (excludes halogenated alkanes) is 28. The van der Waals surface area contributed by atoms with Gasteiger partial charge in [0.15, 0.2) is 0 Å². The van der Waals surface area contributed by atoms with Crippen LogP contribution in [-0.2, 0) is 4.79 Å². The van der Waals surface area contributed by atoms with E-state index in [9.17, 15) is 20.1 Å². The van der Waals surface area contributed by atoms with Gasteiger partial charge in [-0.2, -0.15) is 0 Å². The number of rotatable bonds is 40. The van der Waals surface area contributed by atoms with Gasteiger partial charge in [0.25, 0.3) is 0 Å². The molecule has 5 heteroatoms. The molecule has 0 heterocycles. The van der Waals surface area contributed by atoms with Crippen LogP contribution in [0.1, 0.15) is 232 Å². The molecule has 0 aromatic carbocycles. The molecule has 0 aromatic heterocycles. The maximum atomic E-state index is 12.4. The number of hydrogen-bond acceptors (Lipinski definition) is 4. The summed E-state index contributed by atoms with van der Waals surface area (Å²) in [5, 5.41) is 33.5. The lowest BCUT2D eigenvalue weighted by Crippen LogP contribution is -2.50. The zero-order chi connectivity index (χ0) is 36.6. The second-order valence-electron chi connectivity index (χ2n) is 15.2. The molecule has 0 fully saturated rings. The molecule has 0 rings (SSSR count). The van der Waals surface area contributed by atoms with E-state index < -0.39 is 18.2 Å². The minimum atomic E-state index is -1.16. The summed E-state index contributed by atoms with van der Waals surface area (Å²) < 4.78 is 0. The summed E-state index contributed by atoms with van der Waals surface area (Å²) in [4.78, 5) is 12.4. The zero-order valence-corrected chi connectivity index (χ0v) is 33.5. The van der Waals surface area contributed by atoms with Crippen molar-refractivity contribution in [2.24, 2.45) is 0 Å². The largest absolute Gasteiger partial charge is 0.394 e. The van der Waals surface area contributed by atoms with Gasteiger partial charge in [-0.3, -0.25) is 4.79 Å². The number of aliphatic hydroxyl groups excluding tert-OH is 3. The number of hydrogen-bond donors (Lipinski definition) is 4. The summed E-state index contributed by atoms with van der Waals surface area (Å²) in [6.45, 7) is 4.17. The van der Waals surface area contributed by atoms with Crippen LogP contribution in [0.4, 0.5) is 0 Å². The van der Waals surface area contributed by atoms with E-state index in [4.69, 9.17) is 0 Å². The lowest BCUT2D eigenvalue weighted by atomic mass is 10.0. The van der Waals surface area contributed by atoms with Crippen LogP contribution in [0.5, 0.6) is 0 Å². The van der Waals surface area contributed by atoms with Crippen molar-refractivity contribution in [3.8, 4) is 0 Å². The van der Waals surface area contributed by atoms with Crippen molar-refractivity contribution in [2.75, 3.05) is 6.61 Å². The van der Waals surface area contributed by atoms with Crippen LogP contribution in [0, 0.1) is 0 Å². The van der Waals surface area contributed by atoms with E-state index in [1.165, 1.54) is 167 Å². The van der Waals surface area contributed by atoms with Crippen molar-refractivity contribution in [3.05, 3.63) is 24.3 Å². The second-order valence-corrected chi connectivity index (χ2v) is 15.2. The SMILES string of the molecule is CCCCCCCCCCCC/C=C\CCCCCCCCCC(=O)NC(CO)C(O)C(O)CCC/C=C/CCCCCCCCCCCC. The highest BCUT2D eigenvalue weighted by atomic mass is 16.3. The molecule has 0 saturated carbocycles. The monoisotopic (exact) mass is 706 g/mol. The molecular formula is C45H87NO4. The first-order chi connectivity index (χ1) is 24.6. The molecule has 0 saturated heterocycles. The number of amides is 1. The molecule has 1 amide bonds. The Hall–Kier alpha value is -1.17. The summed E-state index contributed by atoms with van der Waals surface area (Å²) in [6.07, 6.45) is 48.6. The van der Waals surface area contributed by atoms with Crippen LogP contribution in [0.25, 0.3) is 0 Å². The minimum absolute atomic E-state index is 0.158. The maximum Gasteiger partial charge on any atom is 0.220 e. The zero-order valence-electron chi connectivity index (χ0n) is 33.5. The van der Waals surface area contributed by atoms with Gasteiger partial charge in [-0.1, -0.05) is 186 Å². The van der Waals surface area contributed by atoms with Crippen molar-refractivity contribution in [2.45, 2.75) is 250 Å².